The summed E-state index contributed by atoms with van der Waals surface area (Å²) in [5, 5.41) is 2.92. The number of hydrogen-bond donors (Lipinski definition) is 1. The molecule has 32 heavy (non-hydrogen) atoms. The summed E-state index contributed by atoms with van der Waals surface area (Å²) in [5.74, 6) is -0.754. The number of cyclic esters (lactones) is 1. The molecular weight excluding hydrogens is 402 g/mol. The molecule has 5 rings (SSSR count). The number of nitrogens with zero attached hydrogens (tertiary/aromatic N) is 2. The minimum atomic E-state index is -1.21. The van der Waals surface area contributed by atoms with Crippen molar-refractivity contribution < 1.29 is 14.3 Å². The SMILES string of the molecule is CC1(C(=O)NCc2ccc(Cn3cnc4ccccc43)cc2)Cc2ccccc2C(=O)O1. The number of benzene rings is 3. The number of carbonyl (C=O) groups excluding carboxylic acids is 2. The van der Waals surface area contributed by atoms with Crippen LogP contribution in [0.4, 0.5) is 0 Å². The van der Waals surface area contributed by atoms with Crippen molar-refractivity contribution in [3.05, 3.63) is 101 Å². The Bertz CT molecular complexity index is 1310. The standard InChI is InChI=1S/C26H23N3O3/c1-26(14-20-6-2-3-7-21(20)24(30)32-26)25(31)27-15-18-10-12-19(13-11-18)16-29-17-28-22-8-4-5-9-23(22)29/h2-13,17H,14-16H2,1H3,(H,27,31). The monoisotopic (exact) mass is 425 g/mol. The molecule has 2 heterocycles. The van der Waals surface area contributed by atoms with Gasteiger partial charge in [-0.25, -0.2) is 9.78 Å². The first-order chi connectivity index (χ1) is 15.5. The Morgan fingerprint density at radius 1 is 1.03 bits per heavy atom. The lowest BCUT2D eigenvalue weighted by Crippen LogP contribution is -2.51. The van der Waals surface area contributed by atoms with Crippen molar-refractivity contribution in [3.8, 4) is 0 Å². The molecule has 0 saturated carbocycles. The molecule has 0 radical (unpaired) electrons. The van der Waals surface area contributed by atoms with Crippen LogP contribution in [-0.4, -0.2) is 27.0 Å². The number of fused-ring (bicyclic) bond motifs is 2. The highest BCUT2D eigenvalue weighted by Gasteiger charge is 2.42. The van der Waals surface area contributed by atoms with Gasteiger partial charge in [0.15, 0.2) is 5.60 Å². The smallest absolute Gasteiger partial charge is 0.339 e. The topological polar surface area (TPSA) is 73.2 Å². The van der Waals surface area contributed by atoms with Gasteiger partial charge in [-0.05, 0) is 41.8 Å². The van der Waals surface area contributed by atoms with Crippen LogP contribution in [-0.2, 0) is 29.0 Å². The van der Waals surface area contributed by atoms with Gasteiger partial charge in [0.25, 0.3) is 5.91 Å². The summed E-state index contributed by atoms with van der Waals surface area (Å²) in [6, 6.07) is 23.4. The van der Waals surface area contributed by atoms with Crippen LogP contribution in [0.3, 0.4) is 0 Å². The molecule has 4 aromatic rings. The van der Waals surface area contributed by atoms with Crippen LogP contribution in [0.25, 0.3) is 11.0 Å². The zero-order valence-corrected chi connectivity index (χ0v) is 17.7. The summed E-state index contributed by atoms with van der Waals surface area (Å²) in [7, 11) is 0. The molecule has 1 atom stereocenters. The third-order valence-electron chi connectivity index (χ3n) is 5.92. The maximum Gasteiger partial charge on any atom is 0.339 e. The number of hydrogen-bond acceptors (Lipinski definition) is 4. The largest absolute Gasteiger partial charge is 0.445 e. The van der Waals surface area contributed by atoms with Crippen LogP contribution in [0.1, 0.15) is 34.0 Å². The number of carbonyl (C=O) groups is 2. The van der Waals surface area contributed by atoms with E-state index in [-0.39, 0.29) is 5.91 Å². The number of nitrogens with one attached hydrogen (secondary N) is 1. The number of esters is 1. The zero-order chi connectivity index (χ0) is 22.1. The molecular formula is C26H23N3O3. The number of imidazole rings is 1. The van der Waals surface area contributed by atoms with Gasteiger partial charge in [-0.1, -0.05) is 54.6 Å². The summed E-state index contributed by atoms with van der Waals surface area (Å²) in [4.78, 5) is 29.6. The van der Waals surface area contributed by atoms with Crippen molar-refractivity contribution >= 4 is 22.9 Å². The second-order valence-electron chi connectivity index (χ2n) is 8.31. The highest BCUT2D eigenvalue weighted by molar-refractivity contribution is 5.97. The molecule has 6 heteroatoms. The van der Waals surface area contributed by atoms with Crippen LogP contribution in [0.2, 0.25) is 0 Å². The predicted molar refractivity (Wildman–Crippen MR) is 121 cm³/mol. The van der Waals surface area contributed by atoms with Gasteiger partial charge >= 0.3 is 5.97 Å². The number of amides is 1. The lowest BCUT2D eigenvalue weighted by Gasteiger charge is -2.33. The first-order valence-corrected chi connectivity index (χ1v) is 10.6. The fourth-order valence-electron chi connectivity index (χ4n) is 4.12. The van der Waals surface area contributed by atoms with Gasteiger partial charge < -0.3 is 14.6 Å². The van der Waals surface area contributed by atoms with Crippen LogP contribution < -0.4 is 5.32 Å². The minimum Gasteiger partial charge on any atom is -0.445 e. The average molecular weight is 425 g/mol. The summed E-state index contributed by atoms with van der Waals surface area (Å²) < 4.78 is 7.62. The molecule has 0 bridgehead atoms. The van der Waals surface area contributed by atoms with Crippen LogP contribution >= 0.6 is 0 Å². The van der Waals surface area contributed by atoms with Crippen molar-refractivity contribution in [3.63, 3.8) is 0 Å². The second-order valence-corrected chi connectivity index (χ2v) is 8.31. The van der Waals surface area contributed by atoms with Crippen LogP contribution in [0.15, 0.2) is 79.1 Å². The van der Waals surface area contributed by atoms with Gasteiger partial charge in [0.1, 0.15) is 0 Å². The van der Waals surface area contributed by atoms with E-state index >= 15 is 0 Å². The third kappa shape index (κ3) is 3.75. The fourth-order valence-corrected chi connectivity index (χ4v) is 4.12. The Morgan fingerprint density at radius 3 is 2.59 bits per heavy atom. The van der Waals surface area contributed by atoms with Gasteiger partial charge in [0, 0.05) is 19.5 Å². The number of aromatic nitrogens is 2. The van der Waals surface area contributed by atoms with Crippen molar-refractivity contribution in [2.45, 2.75) is 32.0 Å². The third-order valence-corrected chi connectivity index (χ3v) is 5.92. The lowest BCUT2D eigenvalue weighted by molar-refractivity contribution is -0.139. The van der Waals surface area contributed by atoms with E-state index in [0.29, 0.717) is 18.5 Å². The molecule has 6 nitrogen and oxygen atoms in total. The molecule has 1 aliphatic rings. The van der Waals surface area contributed by atoms with E-state index in [0.717, 1.165) is 34.3 Å². The normalized spacial score (nSPS) is 17.6. The molecule has 1 aliphatic heterocycles. The van der Waals surface area contributed by atoms with Crippen molar-refractivity contribution in [2.75, 3.05) is 0 Å². The summed E-state index contributed by atoms with van der Waals surface area (Å²) >= 11 is 0. The van der Waals surface area contributed by atoms with Crippen LogP contribution in [0.5, 0.6) is 0 Å². The Morgan fingerprint density at radius 2 is 1.75 bits per heavy atom. The van der Waals surface area contributed by atoms with Crippen molar-refractivity contribution in [1.82, 2.24) is 14.9 Å². The van der Waals surface area contributed by atoms with Crippen LogP contribution in [0, 0.1) is 0 Å². The maximum atomic E-state index is 12.9. The maximum absolute atomic E-state index is 12.9. The summed E-state index contributed by atoms with van der Waals surface area (Å²) in [5.41, 5.74) is 4.34. The van der Waals surface area contributed by atoms with Gasteiger partial charge in [-0.3, -0.25) is 4.79 Å². The predicted octanol–water partition coefficient (Wildman–Crippen LogP) is 3.87. The van der Waals surface area contributed by atoms with E-state index in [4.69, 9.17) is 4.74 Å². The number of para-hydroxylation sites is 2. The van der Waals surface area contributed by atoms with Gasteiger partial charge in [-0.2, -0.15) is 0 Å². The first-order valence-electron chi connectivity index (χ1n) is 10.6. The van der Waals surface area contributed by atoms with E-state index in [1.807, 2.05) is 48.8 Å². The lowest BCUT2D eigenvalue weighted by atomic mass is 9.89. The second kappa shape index (κ2) is 7.96. The molecule has 3 aromatic carbocycles. The molecule has 1 N–H and O–H groups in total. The number of rotatable bonds is 5. The van der Waals surface area contributed by atoms with Crippen molar-refractivity contribution in [1.29, 1.82) is 0 Å². The van der Waals surface area contributed by atoms with Crippen molar-refractivity contribution in [2.24, 2.45) is 0 Å². The zero-order valence-electron chi connectivity index (χ0n) is 17.7. The molecule has 0 aliphatic carbocycles. The highest BCUT2D eigenvalue weighted by atomic mass is 16.6. The van der Waals surface area contributed by atoms with E-state index in [1.165, 1.54) is 0 Å². The number of ether oxygens (including phenoxy) is 1. The van der Waals surface area contributed by atoms with E-state index in [1.54, 1.807) is 19.1 Å². The Hall–Kier alpha value is -3.93. The molecule has 0 saturated heterocycles. The Labute approximate surface area is 185 Å². The average Bonchev–Trinajstić information content (AvgIpc) is 3.21. The van der Waals surface area contributed by atoms with Gasteiger partial charge in [0.05, 0.1) is 22.9 Å². The van der Waals surface area contributed by atoms with Gasteiger partial charge in [0.2, 0.25) is 0 Å². The highest BCUT2D eigenvalue weighted by Crippen LogP contribution is 2.28. The molecule has 0 spiro atoms. The minimum absolute atomic E-state index is 0.297. The molecule has 1 unspecified atom stereocenters. The van der Waals surface area contributed by atoms with Gasteiger partial charge in [-0.15, -0.1) is 0 Å². The molecule has 1 amide bonds. The quantitative estimate of drug-likeness (QED) is 0.493. The summed E-state index contributed by atoms with van der Waals surface area (Å²) in [6.45, 7) is 2.75. The molecule has 160 valence electrons. The Balaban J connectivity index is 1.23. The molecule has 0 fully saturated rings. The van der Waals surface area contributed by atoms with E-state index < -0.39 is 11.6 Å². The Kier molecular flexibility index (Phi) is 4.98. The fraction of sp³-hybridized carbons (Fsp3) is 0.192. The first kappa shape index (κ1) is 20.0. The molecule has 1 aromatic heterocycles. The van der Waals surface area contributed by atoms with E-state index in [9.17, 15) is 9.59 Å². The van der Waals surface area contributed by atoms with E-state index in [2.05, 4.69) is 33.1 Å². The summed E-state index contributed by atoms with van der Waals surface area (Å²) in [6.07, 6.45) is 2.21.